The van der Waals surface area contributed by atoms with Crippen molar-refractivity contribution in [3.05, 3.63) is 59.2 Å². The number of aliphatic imine (C=N–C) groups is 1. The number of hydrazone groups is 1. The lowest BCUT2D eigenvalue weighted by Crippen LogP contribution is -2.36. The number of amides is 2. The van der Waals surface area contributed by atoms with Crippen LogP contribution >= 0.6 is 11.8 Å². The zero-order chi connectivity index (χ0) is 26.1. The molecule has 1 saturated heterocycles. The van der Waals surface area contributed by atoms with E-state index in [0.29, 0.717) is 28.3 Å². The molecule has 0 aliphatic carbocycles. The van der Waals surface area contributed by atoms with Gasteiger partial charge in [0.25, 0.3) is 5.91 Å². The normalized spacial score (nSPS) is 19.4. The molecule has 11 heteroatoms. The molecular formula is C27H25N5O5S. The maximum atomic E-state index is 12.7. The summed E-state index contributed by atoms with van der Waals surface area (Å²) in [6.45, 7) is 2.13. The molecule has 194 valence electrons. The molecule has 2 aromatic rings. The van der Waals surface area contributed by atoms with Crippen molar-refractivity contribution in [3.63, 3.8) is 0 Å². The monoisotopic (exact) mass is 531 g/mol. The molecule has 10 nitrogen and oxygen atoms in total. The Morgan fingerprint density at radius 1 is 1.08 bits per heavy atom. The molecule has 4 heterocycles. The molecule has 0 unspecified atom stereocenters. The number of hydrogen-bond acceptors (Lipinski definition) is 8. The van der Waals surface area contributed by atoms with Gasteiger partial charge in [-0.25, -0.2) is 0 Å². The highest BCUT2D eigenvalue weighted by Crippen LogP contribution is 2.33. The van der Waals surface area contributed by atoms with Gasteiger partial charge in [-0.1, -0.05) is 18.2 Å². The van der Waals surface area contributed by atoms with Crippen molar-refractivity contribution in [2.24, 2.45) is 10.1 Å². The second kappa shape index (κ2) is 10.3. The Kier molecular flexibility index (Phi) is 6.59. The molecule has 4 aliphatic rings. The highest BCUT2D eigenvalue weighted by molar-refractivity contribution is 8.27. The third kappa shape index (κ3) is 5.01. The van der Waals surface area contributed by atoms with Crippen LogP contribution in [-0.2, 0) is 16.2 Å². The van der Waals surface area contributed by atoms with Gasteiger partial charge in [0.15, 0.2) is 17.3 Å². The first kappa shape index (κ1) is 24.2. The summed E-state index contributed by atoms with van der Waals surface area (Å²) in [4.78, 5) is 31.3. The molecular weight excluding hydrogens is 506 g/mol. The van der Waals surface area contributed by atoms with E-state index in [1.54, 1.807) is 18.2 Å². The molecule has 2 aromatic carbocycles. The van der Waals surface area contributed by atoms with Gasteiger partial charge in [-0.15, -0.1) is 0 Å². The number of carbonyl (C=O) groups excluding carboxylic acids is 2. The Labute approximate surface area is 223 Å². The van der Waals surface area contributed by atoms with Crippen molar-refractivity contribution in [1.29, 1.82) is 5.41 Å². The van der Waals surface area contributed by atoms with E-state index in [1.807, 2.05) is 35.2 Å². The number of piperidine rings is 1. The van der Waals surface area contributed by atoms with Crippen LogP contribution in [0.3, 0.4) is 0 Å². The van der Waals surface area contributed by atoms with Crippen molar-refractivity contribution in [3.8, 4) is 17.2 Å². The number of nitrogens with zero attached hydrogens (tertiary/aromatic N) is 4. The van der Waals surface area contributed by atoms with E-state index in [9.17, 15) is 9.59 Å². The van der Waals surface area contributed by atoms with E-state index in [-0.39, 0.29) is 30.5 Å². The fourth-order valence-electron chi connectivity index (χ4n) is 4.51. The minimum atomic E-state index is -0.504. The lowest BCUT2D eigenvalue weighted by molar-refractivity contribution is -0.130. The zero-order valence-corrected chi connectivity index (χ0v) is 21.3. The molecule has 0 radical (unpaired) electrons. The fourth-order valence-corrected chi connectivity index (χ4v) is 5.39. The number of rotatable bonds is 6. The molecule has 2 amide bonds. The Morgan fingerprint density at radius 3 is 2.68 bits per heavy atom. The number of hydrogen-bond donors (Lipinski definition) is 1. The van der Waals surface area contributed by atoms with Gasteiger partial charge >= 0.3 is 0 Å². The van der Waals surface area contributed by atoms with Crippen molar-refractivity contribution >= 4 is 45.7 Å². The van der Waals surface area contributed by atoms with Crippen LogP contribution in [0, 0.1) is 5.41 Å². The number of amidine groups is 2. The number of fused-ring (bicyclic) bond motifs is 2. The molecule has 0 spiro atoms. The van der Waals surface area contributed by atoms with E-state index >= 15 is 0 Å². The lowest BCUT2D eigenvalue weighted by atomic mass is 10.1. The minimum absolute atomic E-state index is 0.0193. The van der Waals surface area contributed by atoms with E-state index in [1.165, 1.54) is 16.8 Å². The number of benzene rings is 2. The fraction of sp³-hybridized carbons (Fsp3) is 0.296. The number of likely N-dealkylation sites (tertiary alicyclic amines) is 1. The predicted molar refractivity (Wildman–Crippen MR) is 143 cm³/mol. The topological polar surface area (TPSA) is 117 Å². The average Bonchev–Trinajstić information content (AvgIpc) is 3.57. The Hall–Kier alpha value is -4.12. The molecule has 1 fully saturated rings. The minimum Gasteiger partial charge on any atom is -0.489 e. The molecule has 0 saturated carbocycles. The third-order valence-electron chi connectivity index (χ3n) is 6.54. The van der Waals surface area contributed by atoms with Gasteiger partial charge in [0.2, 0.25) is 17.9 Å². The summed E-state index contributed by atoms with van der Waals surface area (Å²) in [7, 11) is 0. The summed E-state index contributed by atoms with van der Waals surface area (Å²) in [5.41, 5.74) is 1.82. The highest BCUT2D eigenvalue weighted by Gasteiger charge is 2.36. The van der Waals surface area contributed by atoms with Crippen molar-refractivity contribution in [1.82, 2.24) is 9.91 Å². The van der Waals surface area contributed by atoms with Gasteiger partial charge in [0.05, 0.1) is 12.0 Å². The summed E-state index contributed by atoms with van der Waals surface area (Å²) in [6, 6.07) is 12.9. The van der Waals surface area contributed by atoms with Crippen LogP contribution in [0.25, 0.3) is 6.08 Å². The first-order valence-corrected chi connectivity index (χ1v) is 13.2. The second-order valence-corrected chi connectivity index (χ2v) is 10.2. The van der Waals surface area contributed by atoms with Gasteiger partial charge < -0.3 is 19.1 Å². The summed E-state index contributed by atoms with van der Waals surface area (Å²) in [5, 5.41) is 15.2. The van der Waals surface area contributed by atoms with E-state index < -0.39 is 5.91 Å². The number of thioether (sulfide) groups is 1. The second-order valence-electron chi connectivity index (χ2n) is 9.18. The van der Waals surface area contributed by atoms with Crippen LogP contribution in [0.5, 0.6) is 17.2 Å². The predicted octanol–water partition coefficient (Wildman–Crippen LogP) is 4.02. The van der Waals surface area contributed by atoms with Gasteiger partial charge in [-0.05, 0) is 72.5 Å². The van der Waals surface area contributed by atoms with Crippen molar-refractivity contribution in [2.75, 3.05) is 19.9 Å². The maximum absolute atomic E-state index is 12.7. The quantitative estimate of drug-likeness (QED) is 0.560. The number of nitrogens with one attached hydrogen (secondary N) is 1. The van der Waals surface area contributed by atoms with Crippen molar-refractivity contribution < 1.29 is 23.8 Å². The zero-order valence-electron chi connectivity index (χ0n) is 20.5. The van der Waals surface area contributed by atoms with Gasteiger partial charge in [-0.2, -0.15) is 15.1 Å². The van der Waals surface area contributed by atoms with Crippen LogP contribution in [-0.4, -0.2) is 57.7 Å². The average molecular weight is 532 g/mol. The molecule has 1 N–H and O–H groups in total. The molecule has 38 heavy (non-hydrogen) atoms. The van der Waals surface area contributed by atoms with Gasteiger partial charge in [0, 0.05) is 13.1 Å². The van der Waals surface area contributed by atoms with E-state index in [2.05, 4.69) is 10.1 Å². The van der Waals surface area contributed by atoms with Crippen LogP contribution < -0.4 is 14.2 Å². The van der Waals surface area contributed by atoms with Crippen LogP contribution in [0.4, 0.5) is 0 Å². The largest absolute Gasteiger partial charge is 0.489 e. The Bertz CT molecular complexity index is 1400. The molecule has 6 rings (SSSR count). The maximum Gasteiger partial charge on any atom is 0.283 e. The SMILES string of the molecule is N=C1C(=Cc2ccc(OCc3ccc4c(c3)OCO4)cc2)C(=O)N=C2SC(CC(=O)N3CCCCC3)=NN12. The first-order chi connectivity index (χ1) is 18.5. The van der Waals surface area contributed by atoms with Crippen LogP contribution in [0.1, 0.15) is 36.8 Å². The summed E-state index contributed by atoms with van der Waals surface area (Å²) >= 11 is 1.17. The molecule has 0 aromatic heterocycles. The summed E-state index contributed by atoms with van der Waals surface area (Å²) < 4.78 is 16.6. The smallest absolute Gasteiger partial charge is 0.283 e. The highest BCUT2D eigenvalue weighted by atomic mass is 32.2. The Balaban J connectivity index is 1.10. The number of carbonyl (C=O) groups is 2. The Morgan fingerprint density at radius 2 is 1.87 bits per heavy atom. The summed E-state index contributed by atoms with van der Waals surface area (Å²) in [5.74, 6) is 1.56. The van der Waals surface area contributed by atoms with Crippen LogP contribution in [0.15, 0.2) is 58.1 Å². The number of ether oxygens (including phenoxy) is 3. The molecule has 0 bridgehead atoms. The molecule has 4 aliphatic heterocycles. The van der Waals surface area contributed by atoms with Crippen LogP contribution in [0.2, 0.25) is 0 Å². The van der Waals surface area contributed by atoms with E-state index in [4.69, 9.17) is 19.6 Å². The molecule has 0 atom stereocenters. The third-order valence-corrected chi connectivity index (χ3v) is 7.45. The summed E-state index contributed by atoms with van der Waals surface area (Å²) in [6.07, 6.45) is 4.95. The van der Waals surface area contributed by atoms with Gasteiger partial charge in [0.1, 0.15) is 17.4 Å². The van der Waals surface area contributed by atoms with Crippen molar-refractivity contribution in [2.45, 2.75) is 32.3 Å². The van der Waals surface area contributed by atoms with Gasteiger partial charge in [-0.3, -0.25) is 15.0 Å². The standard InChI is InChI=1S/C27H25N5O5S/c28-25-20(26(34)29-27-32(25)30-23(38-27)14-24(33)31-10-2-1-3-11-31)12-17-4-7-19(8-5-17)35-15-18-6-9-21-22(13-18)37-16-36-21/h4-9,12-13,28H,1-3,10-11,14-16H2. The first-order valence-electron chi connectivity index (χ1n) is 12.4. The lowest BCUT2D eigenvalue weighted by Gasteiger charge is -2.26. The van der Waals surface area contributed by atoms with E-state index in [0.717, 1.165) is 49.2 Å².